The van der Waals surface area contributed by atoms with Gasteiger partial charge in [-0.3, -0.25) is 10.1 Å². The standard InChI is InChI=1S/C24H23N3O3/c1-26(2)18-8-4-16(5-9-18)24(17-6-10-19(11-7-17)27(28)29)22-15-25-23-13-12-20(30-3)14-21(22)23/h4-15,24-25H,1-3H3. The van der Waals surface area contributed by atoms with Crippen LogP contribution in [0.4, 0.5) is 11.4 Å². The minimum absolute atomic E-state index is 0.0807. The molecule has 0 aliphatic heterocycles. The number of nitrogens with one attached hydrogen (secondary N) is 1. The second-order valence-corrected chi connectivity index (χ2v) is 7.42. The monoisotopic (exact) mass is 401 g/mol. The molecule has 0 radical (unpaired) electrons. The van der Waals surface area contributed by atoms with Crippen LogP contribution in [-0.4, -0.2) is 31.1 Å². The second-order valence-electron chi connectivity index (χ2n) is 7.42. The highest BCUT2D eigenvalue weighted by atomic mass is 16.6. The van der Waals surface area contributed by atoms with Gasteiger partial charge in [-0.05, 0) is 47.0 Å². The van der Waals surface area contributed by atoms with Crippen molar-refractivity contribution >= 4 is 22.3 Å². The van der Waals surface area contributed by atoms with Gasteiger partial charge in [0.25, 0.3) is 5.69 Å². The van der Waals surface area contributed by atoms with E-state index in [4.69, 9.17) is 4.74 Å². The lowest BCUT2D eigenvalue weighted by Gasteiger charge is -2.20. The summed E-state index contributed by atoms with van der Waals surface area (Å²) < 4.78 is 5.43. The van der Waals surface area contributed by atoms with Gasteiger partial charge in [0, 0.05) is 54.9 Å². The van der Waals surface area contributed by atoms with E-state index in [1.165, 1.54) is 0 Å². The number of rotatable bonds is 6. The van der Waals surface area contributed by atoms with Gasteiger partial charge in [0.15, 0.2) is 0 Å². The molecule has 1 aromatic heterocycles. The maximum absolute atomic E-state index is 11.1. The molecule has 0 fully saturated rings. The zero-order valence-electron chi connectivity index (χ0n) is 17.1. The van der Waals surface area contributed by atoms with Gasteiger partial charge in [0.05, 0.1) is 12.0 Å². The summed E-state index contributed by atoms with van der Waals surface area (Å²) in [5.74, 6) is 0.705. The molecule has 0 aliphatic rings. The predicted octanol–water partition coefficient (Wildman–Crippen LogP) is 5.33. The SMILES string of the molecule is COc1ccc2[nH]cc(C(c3ccc(N(C)C)cc3)c3ccc([N+](=O)[O-])cc3)c2c1. The Balaban J connectivity index is 1.88. The van der Waals surface area contributed by atoms with Crippen LogP contribution < -0.4 is 9.64 Å². The number of anilines is 1. The van der Waals surface area contributed by atoms with Gasteiger partial charge in [0.2, 0.25) is 0 Å². The van der Waals surface area contributed by atoms with Crippen LogP contribution in [0.1, 0.15) is 22.6 Å². The highest BCUT2D eigenvalue weighted by Crippen LogP contribution is 2.38. The van der Waals surface area contributed by atoms with Crippen LogP contribution in [0.15, 0.2) is 72.9 Å². The van der Waals surface area contributed by atoms with Crippen molar-refractivity contribution in [1.82, 2.24) is 4.98 Å². The number of ether oxygens (including phenoxy) is 1. The van der Waals surface area contributed by atoms with Crippen LogP contribution >= 0.6 is 0 Å². The molecule has 1 unspecified atom stereocenters. The van der Waals surface area contributed by atoms with Crippen molar-refractivity contribution in [3.63, 3.8) is 0 Å². The molecule has 0 saturated carbocycles. The van der Waals surface area contributed by atoms with E-state index in [1.54, 1.807) is 19.2 Å². The summed E-state index contributed by atoms with van der Waals surface area (Å²) in [7, 11) is 5.67. The number of non-ortho nitro benzene ring substituents is 1. The molecular weight excluding hydrogens is 378 g/mol. The third-order valence-electron chi connectivity index (χ3n) is 5.41. The van der Waals surface area contributed by atoms with Crippen molar-refractivity contribution in [2.24, 2.45) is 0 Å². The van der Waals surface area contributed by atoms with Crippen LogP contribution in [0.2, 0.25) is 0 Å². The molecule has 6 heteroatoms. The van der Waals surface area contributed by atoms with Crippen molar-refractivity contribution < 1.29 is 9.66 Å². The van der Waals surface area contributed by atoms with E-state index in [-0.39, 0.29) is 16.5 Å². The molecule has 152 valence electrons. The number of nitro benzene ring substituents is 1. The fourth-order valence-electron chi connectivity index (χ4n) is 3.79. The van der Waals surface area contributed by atoms with E-state index in [9.17, 15) is 10.1 Å². The van der Waals surface area contributed by atoms with Gasteiger partial charge < -0.3 is 14.6 Å². The van der Waals surface area contributed by atoms with E-state index in [2.05, 4.69) is 34.1 Å². The van der Waals surface area contributed by atoms with E-state index < -0.39 is 0 Å². The number of aromatic amines is 1. The Labute approximate surface area is 174 Å². The molecule has 1 N–H and O–H groups in total. The highest BCUT2D eigenvalue weighted by molar-refractivity contribution is 5.86. The van der Waals surface area contributed by atoms with Gasteiger partial charge >= 0.3 is 0 Å². The van der Waals surface area contributed by atoms with Crippen LogP contribution in [0, 0.1) is 10.1 Å². The Kier molecular flexibility index (Phi) is 5.14. The molecule has 1 heterocycles. The second kappa shape index (κ2) is 7.91. The Bertz CT molecular complexity index is 1180. The normalized spacial score (nSPS) is 12.0. The molecule has 0 spiro atoms. The summed E-state index contributed by atoms with van der Waals surface area (Å²) in [5, 5.41) is 12.2. The molecule has 4 rings (SSSR count). The minimum Gasteiger partial charge on any atom is -0.497 e. The van der Waals surface area contributed by atoms with Crippen molar-refractivity contribution in [3.8, 4) is 5.75 Å². The van der Waals surface area contributed by atoms with Gasteiger partial charge in [0.1, 0.15) is 5.75 Å². The quantitative estimate of drug-likeness (QED) is 0.350. The highest BCUT2D eigenvalue weighted by Gasteiger charge is 2.21. The first-order valence-corrected chi connectivity index (χ1v) is 9.64. The van der Waals surface area contributed by atoms with Crippen molar-refractivity contribution in [1.29, 1.82) is 0 Å². The number of nitro groups is 1. The van der Waals surface area contributed by atoms with E-state index in [1.807, 2.05) is 50.6 Å². The molecule has 6 nitrogen and oxygen atoms in total. The number of hydrogen-bond donors (Lipinski definition) is 1. The predicted molar refractivity (Wildman–Crippen MR) is 120 cm³/mol. The Morgan fingerprint density at radius 1 is 0.967 bits per heavy atom. The van der Waals surface area contributed by atoms with Gasteiger partial charge in [-0.2, -0.15) is 0 Å². The summed E-state index contributed by atoms with van der Waals surface area (Å²) in [6, 6.07) is 21.1. The molecule has 4 aromatic rings. The summed E-state index contributed by atoms with van der Waals surface area (Å²) in [5.41, 5.74) is 5.40. The Morgan fingerprint density at radius 2 is 1.60 bits per heavy atom. The lowest BCUT2D eigenvalue weighted by atomic mass is 9.85. The lowest BCUT2D eigenvalue weighted by Crippen LogP contribution is -2.09. The van der Waals surface area contributed by atoms with Crippen LogP contribution in [0.5, 0.6) is 5.75 Å². The van der Waals surface area contributed by atoms with Crippen molar-refractivity contribution in [2.75, 3.05) is 26.1 Å². The number of methoxy groups -OCH3 is 1. The average Bonchev–Trinajstić information content (AvgIpc) is 3.17. The largest absolute Gasteiger partial charge is 0.497 e. The maximum atomic E-state index is 11.1. The number of aromatic nitrogens is 1. The van der Waals surface area contributed by atoms with E-state index in [0.717, 1.165) is 39.0 Å². The van der Waals surface area contributed by atoms with Gasteiger partial charge in [-0.1, -0.05) is 24.3 Å². The third kappa shape index (κ3) is 3.59. The van der Waals surface area contributed by atoms with Crippen molar-refractivity contribution in [3.05, 3.63) is 99.7 Å². The molecule has 30 heavy (non-hydrogen) atoms. The summed E-state index contributed by atoms with van der Waals surface area (Å²) in [4.78, 5) is 16.1. The summed E-state index contributed by atoms with van der Waals surface area (Å²) in [6.45, 7) is 0. The number of hydrogen-bond acceptors (Lipinski definition) is 4. The molecule has 0 aliphatic carbocycles. The minimum atomic E-state index is -0.374. The fourth-order valence-corrected chi connectivity index (χ4v) is 3.79. The first-order chi connectivity index (χ1) is 14.5. The Hall–Kier alpha value is -3.80. The number of nitrogens with zero attached hydrogens (tertiary/aromatic N) is 2. The molecule has 3 aromatic carbocycles. The summed E-state index contributed by atoms with van der Waals surface area (Å²) in [6.07, 6.45) is 2.01. The fraction of sp³-hybridized carbons (Fsp3) is 0.167. The number of fused-ring (bicyclic) bond motifs is 1. The average molecular weight is 401 g/mol. The zero-order valence-corrected chi connectivity index (χ0v) is 17.1. The zero-order chi connectivity index (χ0) is 21.3. The van der Waals surface area contributed by atoms with Gasteiger partial charge in [-0.15, -0.1) is 0 Å². The van der Waals surface area contributed by atoms with E-state index >= 15 is 0 Å². The Morgan fingerprint density at radius 3 is 2.17 bits per heavy atom. The van der Waals surface area contributed by atoms with Crippen LogP contribution in [0.3, 0.4) is 0 Å². The number of benzene rings is 3. The molecule has 0 amide bonds. The topological polar surface area (TPSA) is 71.4 Å². The molecule has 1 atom stereocenters. The number of H-pyrrole nitrogens is 1. The lowest BCUT2D eigenvalue weighted by molar-refractivity contribution is -0.384. The smallest absolute Gasteiger partial charge is 0.269 e. The first kappa shape index (κ1) is 19.5. The molecular formula is C24H23N3O3. The molecule has 0 bridgehead atoms. The van der Waals surface area contributed by atoms with Gasteiger partial charge in [-0.25, -0.2) is 0 Å². The summed E-state index contributed by atoms with van der Waals surface area (Å²) >= 11 is 0. The van der Waals surface area contributed by atoms with Crippen LogP contribution in [0.25, 0.3) is 10.9 Å². The van der Waals surface area contributed by atoms with Crippen molar-refractivity contribution in [2.45, 2.75) is 5.92 Å². The third-order valence-corrected chi connectivity index (χ3v) is 5.41. The first-order valence-electron chi connectivity index (χ1n) is 9.64. The maximum Gasteiger partial charge on any atom is 0.269 e. The van der Waals surface area contributed by atoms with Crippen LogP contribution in [-0.2, 0) is 0 Å². The van der Waals surface area contributed by atoms with E-state index in [0.29, 0.717) is 0 Å². The molecule has 0 saturated heterocycles.